The second-order valence-electron chi connectivity index (χ2n) is 4.31. The van der Waals surface area contributed by atoms with Crippen molar-refractivity contribution in [3.8, 4) is 0 Å². The Morgan fingerprint density at radius 3 is 2.95 bits per heavy atom. The van der Waals surface area contributed by atoms with Gasteiger partial charge in [0.2, 0.25) is 0 Å². The van der Waals surface area contributed by atoms with E-state index in [9.17, 15) is 9.59 Å². The average Bonchev–Trinajstić information content (AvgIpc) is 2.86. The molecule has 6 heteroatoms. The number of aromatic nitrogens is 2. The Hall–Kier alpha value is -2.89. The number of benzene rings is 1. The van der Waals surface area contributed by atoms with E-state index in [0.29, 0.717) is 27.9 Å². The fourth-order valence-corrected chi connectivity index (χ4v) is 1.97. The molecule has 0 unspecified atom stereocenters. The predicted octanol–water partition coefficient (Wildman–Crippen LogP) is 2.08. The lowest BCUT2D eigenvalue weighted by atomic mass is 10.2. The molecule has 0 aliphatic rings. The lowest BCUT2D eigenvalue weighted by Crippen LogP contribution is -2.13. The van der Waals surface area contributed by atoms with E-state index in [1.165, 1.54) is 12.6 Å². The quantitative estimate of drug-likeness (QED) is 0.745. The molecule has 0 fully saturated rings. The zero-order chi connectivity index (χ0) is 14.1. The summed E-state index contributed by atoms with van der Waals surface area (Å²) in [4.78, 5) is 30.3. The van der Waals surface area contributed by atoms with Crippen LogP contribution in [0.5, 0.6) is 0 Å². The molecule has 2 aromatic heterocycles. The molecule has 100 valence electrons. The first-order chi connectivity index (χ1) is 9.65. The minimum atomic E-state index is -0.282. The van der Waals surface area contributed by atoms with Gasteiger partial charge in [0.1, 0.15) is 5.76 Å². The summed E-state index contributed by atoms with van der Waals surface area (Å²) in [6, 6.07) is 6.57. The zero-order valence-corrected chi connectivity index (χ0v) is 10.6. The van der Waals surface area contributed by atoms with E-state index in [-0.39, 0.29) is 11.5 Å². The molecule has 20 heavy (non-hydrogen) atoms. The number of hydrogen-bond donors (Lipinski definition) is 2. The van der Waals surface area contributed by atoms with E-state index in [4.69, 9.17) is 4.42 Å². The van der Waals surface area contributed by atoms with Gasteiger partial charge in [-0.3, -0.25) is 9.59 Å². The van der Waals surface area contributed by atoms with Crippen molar-refractivity contribution in [3.63, 3.8) is 0 Å². The van der Waals surface area contributed by atoms with Crippen molar-refractivity contribution in [2.75, 3.05) is 5.32 Å². The molecular formula is C14H11N3O3. The summed E-state index contributed by atoms with van der Waals surface area (Å²) in [7, 11) is 0. The number of amides is 1. The third-order valence-electron chi connectivity index (χ3n) is 3.00. The number of H-pyrrole nitrogens is 1. The van der Waals surface area contributed by atoms with Crippen LogP contribution in [0.2, 0.25) is 0 Å². The maximum absolute atomic E-state index is 12.0. The van der Waals surface area contributed by atoms with Crippen LogP contribution in [-0.2, 0) is 0 Å². The van der Waals surface area contributed by atoms with E-state index >= 15 is 0 Å². The Balaban J connectivity index is 1.96. The van der Waals surface area contributed by atoms with Crippen LogP contribution in [0.1, 0.15) is 16.1 Å². The predicted molar refractivity (Wildman–Crippen MR) is 73.8 cm³/mol. The molecule has 0 spiro atoms. The topological polar surface area (TPSA) is 88.0 Å². The normalized spacial score (nSPS) is 10.7. The van der Waals surface area contributed by atoms with Gasteiger partial charge < -0.3 is 14.7 Å². The fourth-order valence-electron chi connectivity index (χ4n) is 1.97. The fraction of sp³-hybridized carbons (Fsp3) is 0.0714. The summed E-state index contributed by atoms with van der Waals surface area (Å²) < 4.78 is 5.09. The number of carbonyl (C=O) groups excluding carboxylic acids is 1. The number of aromatic amines is 1. The minimum Gasteiger partial charge on any atom is -0.469 e. The molecule has 0 aliphatic heterocycles. The first kappa shape index (κ1) is 12.2. The van der Waals surface area contributed by atoms with Gasteiger partial charge in [-0.05, 0) is 31.2 Å². The van der Waals surface area contributed by atoms with Crippen molar-refractivity contribution in [1.29, 1.82) is 0 Å². The van der Waals surface area contributed by atoms with Crippen molar-refractivity contribution in [3.05, 3.63) is 58.5 Å². The SMILES string of the molecule is Cc1occc1C(=O)Nc1ccc2nc[nH]c(=O)c2c1. The highest BCUT2D eigenvalue weighted by Gasteiger charge is 2.12. The first-order valence-electron chi connectivity index (χ1n) is 5.98. The summed E-state index contributed by atoms with van der Waals surface area (Å²) in [5, 5.41) is 3.15. The highest BCUT2D eigenvalue weighted by Crippen LogP contribution is 2.16. The molecule has 0 radical (unpaired) electrons. The van der Waals surface area contributed by atoms with Crippen molar-refractivity contribution >= 4 is 22.5 Å². The minimum absolute atomic E-state index is 0.245. The third kappa shape index (κ3) is 2.07. The summed E-state index contributed by atoms with van der Waals surface area (Å²) >= 11 is 0. The van der Waals surface area contributed by atoms with Crippen LogP contribution in [0.15, 0.2) is 46.1 Å². The second-order valence-corrected chi connectivity index (χ2v) is 4.31. The van der Waals surface area contributed by atoms with Gasteiger partial charge in [-0.25, -0.2) is 4.98 Å². The Morgan fingerprint density at radius 2 is 2.20 bits per heavy atom. The lowest BCUT2D eigenvalue weighted by molar-refractivity contribution is 0.102. The van der Waals surface area contributed by atoms with E-state index in [0.717, 1.165) is 0 Å². The molecule has 0 atom stereocenters. The number of nitrogens with zero attached hydrogens (tertiary/aromatic N) is 1. The van der Waals surface area contributed by atoms with E-state index in [1.807, 2.05) is 0 Å². The average molecular weight is 269 g/mol. The summed E-state index contributed by atoms with van der Waals surface area (Å²) in [5.41, 5.74) is 1.32. The molecular weight excluding hydrogens is 258 g/mol. The maximum Gasteiger partial charge on any atom is 0.259 e. The van der Waals surface area contributed by atoms with Crippen LogP contribution in [0.25, 0.3) is 10.9 Å². The Kier molecular flexibility index (Phi) is 2.83. The van der Waals surface area contributed by atoms with Crippen molar-refractivity contribution in [1.82, 2.24) is 9.97 Å². The highest BCUT2D eigenvalue weighted by atomic mass is 16.3. The number of nitrogens with one attached hydrogen (secondary N) is 2. The highest BCUT2D eigenvalue weighted by molar-refractivity contribution is 6.05. The van der Waals surface area contributed by atoms with Gasteiger partial charge in [0.15, 0.2) is 0 Å². The molecule has 0 saturated heterocycles. The molecule has 0 saturated carbocycles. The molecule has 3 rings (SSSR count). The Morgan fingerprint density at radius 1 is 1.35 bits per heavy atom. The van der Waals surface area contributed by atoms with Crippen LogP contribution in [0, 0.1) is 6.92 Å². The zero-order valence-electron chi connectivity index (χ0n) is 10.6. The number of carbonyl (C=O) groups is 1. The van der Waals surface area contributed by atoms with Crippen LogP contribution in [0.3, 0.4) is 0 Å². The smallest absolute Gasteiger partial charge is 0.259 e. The lowest BCUT2D eigenvalue weighted by Gasteiger charge is -2.05. The molecule has 1 aromatic carbocycles. The summed E-state index contributed by atoms with van der Waals surface area (Å²) in [5.74, 6) is 0.263. The van der Waals surface area contributed by atoms with Gasteiger partial charge in [-0.15, -0.1) is 0 Å². The van der Waals surface area contributed by atoms with Gasteiger partial charge in [-0.1, -0.05) is 0 Å². The Labute approximate surface area is 113 Å². The molecule has 0 aliphatic carbocycles. The number of fused-ring (bicyclic) bond motifs is 1. The molecule has 6 nitrogen and oxygen atoms in total. The summed E-state index contributed by atoms with van der Waals surface area (Å²) in [6.45, 7) is 1.71. The number of hydrogen-bond acceptors (Lipinski definition) is 4. The van der Waals surface area contributed by atoms with Crippen LogP contribution < -0.4 is 10.9 Å². The molecule has 3 aromatic rings. The van der Waals surface area contributed by atoms with Gasteiger partial charge in [0.05, 0.1) is 29.1 Å². The second kappa shape index (κ2) is 4.65. The van der Waals surface area contributed by atoms with Crippen LogP contribution >= 0.6 is 0 Å². The molecule has 2 N–H and O–H groups in total. The first-order valence-corrected chi connectivity index (χ1v) is 5.98. The Bertz CT molecular complexity index is 848. The van der Waals surface area contributed by atoms with Gasteiger partial charge in [0, 0.05) is 5.69 Å². The van der Waals surface area contributed by atoms with Gasteiger partial charge >= 0.3 is 0 Å². The molecule has 0 bridgehead atoms. The molecule has 1 amide bonds. The van der Waals surface area contributed by atoms with Gasteiger partial charge in [-0.2, -0.15) is 0 Å². The number of anilines is 1. The van der Waals surface area contributed by atoms with Gasteiger partial charge in [0.25, 0.3) is 11.5 Å². The van der Waals surface area contributed by atoms with E-state index in [1.54, 1.807) is 31.2 Å². The molecule has 2 heterocycles. The maximum atomic E-state index is 12.0. The largest absolute Gasteiger partial charge is 0.469 e. The number of rotatable bonds is 2. The summed E-state index contributed by atoms with van der Waals surface area (Å²) in [6.07, 6.45) is 2.80. The van der Waals surface area contributed by atoms with E-state index < -0.39 is 0 Å². The number of furan rings is 1. The third-order valence-corrected chi connectivity index (χ3v) is 3.00. The van der Waals surface area contributed by atoms with E-state index in [2.05, 4.69) is 15.3 Å². The number of aryl methyl sites for hydroxylation is 1. The monoisotopic (exact) mass is 269 g/mol. The van der Waals surface area contributed by atoms with Crippen LogP contribution in [-0.4, -0.2) is 15.9 Å². The van der Waals surface area contributed by atoms with Crippen molar-refractivity contribution in [2.45, 2.75) is 6.92 Å². The standard InChI is InChI=1S/C14H11N3O3/c1-8-10(4-5-20-8)14(19)17-9-2-3-12-11(6-9)13(18)16-7-15-12/h2-7H,1H3,(H,17,19)(H,15,16,18). The van der Waals surface area contributed by atoms with Crippen LogP contribution in [0.4, 0.5) is 5.69 Å². The van der Waals surface area contributed by atoms with Crippen molar-refractivity contribution < 1.29 is 9.21 Å². The van der Waals surface area contributed by atoms with Crippen molar-refractivity contribution in [2.24, 2.45) is 0 Å².